The molecule has 108 valence electrons. The first-order chi connectivity index (χ1) is 9.17. The molecule has 0 amide bonds. The Morgan fingerprint density at radius 2 is 2.10 bits per heavy atom. The molecule has 1 atom stereocenters. The summed E-state index contributed by atoms with van der Waals surface area (Å²) in [6.45, 7) is 0. The molecule has 0 bridgehead atoms. The summed E-state index contributed by atoms with van der Waals surface area (Å²) >= 11 is 5.51. The molecule has 0 saturated heterocycles. The average Bonchev–Trinajstić information content (AvgIpc) is 2.78. The van der Waals surface area contributed by atoms with Crippen LogP contribution in [-0.2, 0) is 9.63 Å². The van der Waals surface area contributed by atoms with E-state index < -0.39 is 30.0 Å². The molecule has 0 aromatic heterocycles. The van der Waals surface area contributed by atoms with E-state index >= 15 is 0 Å². The predicted molar refractivity (Wildman–Crippen MR) is 60.1 cm³/mol. The van der Waals surface area contributed by atoms with Crippen molar-refractivity contribution in [1.29, 1.82) is 0 Å². The number of carboxylic acid groups (broad SMARTS) is 1. The minimum atomic E-state index is -5.14. The summed E-state index contributed by atoms with van der Waals surface area (Å²) in [7, 11) is 0. The van der Waals surface area contributed by atoms with Gasteiger partial charge in [-0.05, 0) is 12.1 Å². The monoisotopic (exact) mass is 311 g/mol. The van der Waals surface area contributed by atoms with Crippen LogP contribution in [0.1, 0.15) is 12.0 Å². The van der Waals surface area contributed by atoms with Crippen LogP contribution in [0, 0.1) is 5.82 Å². The first-order valence-corrected chi connectivity index (χ1v) is 5.56. The highest BCUT2D eigenvalue weighted by molar-refractivity contribution is 6.31. The maximum Gasteiger partial charge on any atom is 0.442 e. The molecule has 1 N–H and O–H groups in total. The van der Waals surface area contributed by atoms with E-state index in [1.165, 1.54) is 0 Å². The Bertz CT molecular complexity index is 602. The van der Waals surface area contributed by atoms with Gasteiger partial charge in [-0.2, -0.15) is 13.2 Å². The van der Waals surface area contributed by atoms with Gasteiger partial charge in [0.05, 0.1) is 17.2 Å². The zero-order valence-corrected chi connectivity index (χ0v) is 10.3. The van der Waals surface area contributed by atoms with Crippen LogP contribution < -0.4 is 0 Å². The maximum absolute atomic E-state index is 13.0. The zero-order valence-electron chi connectivity index (χ0n) is 9.54. The molecule has 1 aliphatic heterocycles. The van der Waals surface area contributed by atoms with Gasteiger partial charge in [-0.3, -0.25) is 0 Å². The topological polar surface area (TPSA) is 58.9 Å². The lowest BCUT2D eigenvalue weighted by Gasteiger charge is -2.24. The lowest BCUT2D eigenvalue weighted by molar-refractivity contribution is -0.267. The van der Waals surface area contributed by atoms with E-state index in [1.807, 2.05) is 0 Å². The Kier molecular flexibility index (Phi) is 3.37. The average molecular weight is 312 g/mol. The van der Waals surface area contributed by atoms with Gasteiger partial charge in [-0.1, -0.05) is 22.8 Å². The molecule has 20 heavy (non-hydrogen) atoms. The minimum absolute atomic E-state index is 0.0591. The summed E-state index contributed by atoms with van der Waals surface area (Å²) in [6.07, 6.45) is -6.16. The van der Waals surface area contributed by atoms with Crippen LogP contribution in [0.5, 0.6) is 0 Å². The Balaban J connectivity index is 2.35. The number of halogens is 5. The van der Waals surface area contributed by atoms with Gasteiger partial charge in [0.2, 0.25) is 0 Å². The zero-order chi connectivity index (χ0) is 15.1. The van der Waals surface area contributed by atoms with E-state index in [1.54, 1.807) is 0 Å². The summed E-state index contributed by atoms with van der Waals surface area (Å²) in [6, 6.07) is 3.12. The molecule has 1 aliphatic rings. The van der Waals surface area contributed by atoms with Crippen molar-refractivity contribution in [3.63, 3.8) is 0 Å². The van der Waals surface area contributed by atoms with Gasteiger partial charge in [-0.25, -0.2) is 9.18 Å². The highest BCUT2D eigenvalue weighted by Crippen LogP contribution is 2.41. The van der Waals surface area contributed by atoms with Crippen molar-refractivity contribution in [3.8, 4) is 0 Å². The fourth-order valence-electron chi connectivity index (χ4n) is 1.65. The highest BCUT2D eigenvalue weighted by atomic mass is 35.5. The number of oxime groups is 1. The molecular weight excluding hydrogens is 306 g/mol. The maximum atomic E-state index is 13.0. The van der Waals surface area contributed by atoms with E-state index in [0.29, 0.717) is 0 Å². The Morgan fingerprint density at radius 1 is 1.45 bits per heavy atom. The smallest absolute Gasteiger partial charge is 0.442 e. The van der Waals surface area contributed by atoms with E-state index in [4.69, 9.17) is 16.7 Å². The van der Waals surface area contributed by atoms with Crippen LogP contribution in [0.2, 0.25) is 5.02 Å². The number of carbonyl (C=O) groups is 1. The third kappa shape index (κ3) is 2.20. The normalized spacial score (nSPS) is 22.4. The molecule has 0 spiro atoms. The van der Waals surface area contributed by atoms with Crippen LogP contribution in [0.3, 0.4) is 0 Å². The van der Waals surface area contributed by atoms with Gasteiger partial charge in [0.25, 0.3) is 0 Å². The largest absolute Gasteiger partial charge is 0.478 e. The first-order valence-electron chi connectivity index (χ1n) is 5.18. The summed E-state index contributed by atoms with van der Waals surface area (Å²) in [4.78, 5) is 15.0. The highest BCUT2D eigenvalue weighted by Gasteiger charge is 2.67. The van der Waals surface area contributed by atoms with Crippen molar-refractivity contribution < 1.29 is 32.3 Å². The number of nitrogens with zero attached hydrogens (tertiary/aromatic N) is 1. The molecule has 0 radical (unpaired) electrons. The molecule has 2 rings (SSSR count). The van der Waals surface area contributed by atoms with Crippen molar-refractivity contribution in [3.05, 3.63) is 34.6 Å². The Labute approximate surface area is 114 Å². The molecule has 0 saturated carbocycles. The second-order valence-corrected chi connectivity index (χ2v) is 4.47. The van der Waals surface area contributed by atoms with Crippen molar-refractivity contribution in [2.24, 2.45) is 5.16 Å². The lowest BCUT2D eigenvalue weighted by Crippen LogP contribution is -2.52. The van der Waals surface area contributed by atoms with Crippen LogP contribution >= 0.6 is 11.6 Å². The molecule has 1 unspecified atom stereocenters. The number of rotatable bonds is 2. The van der Waals surface area contributed by atoms with Crippen molar-refractivity contribution in [2.75, 3.05) is 0 Å². The quantitative estimate of drug-likeness (QED) is 0.854. The van der Waals surface area contributed by atoms with Gasteiger partial charge in [0, 0.05) is 5.56 Å². The number of benzene rings is 1. The number of alkyl halides is 3. The van der Waals surface area contributed by atoms with Crippen LogP contribution in [0.15, 0.2) is 23.4 Å². The predicted octanol–water partition coefficient (Wildman–Crippen LogP) is 2.99. The van der Waals surface area contributed by atoms with Crippen LogP contribution in [0.25, 0.3) is 0 Å². The second kappa shape index (κ2) is 4.62. The number of carboxylic acids is 1. The summed E-state index contributed by atoms with van der Waals surface area (Å²) < 4.78 is 51.5. The standard InChI is InChI=1S/C11H6ClF4NO3/c12-6-3-5(1-2-7(6)13)8-4-10(9(18)19,20-17-8)11(14,15)16/h1-3H,4H2,(H,18,19). The Hall–Kier alpha value is -1.83. The SMILES string of the molecule is O=C(O)C1(C(F)(F)F)CC(c2ccc(F)c(Cl)c2)=NO1. The Morgan fingerprint density at radius 3 is 2.55 bits per heavy atom. The number of hydrogen-bond acceptors (Lipinski definition) is 3. The van der Waals surface area contributed by atoms with Gasteiger partial charge in [-0.15, -0.1) is 0 Å². The van der Waals surface area contributed by atoms with Crippen molar-refractivity contribution in [1.82, 2.24) is 0 Å². The number of hydrogen-bond donors (Lipinski definition) is 1. The third-order valence-electron chi connectivity index (χ3n) is 2.78. The summed E-state index contributed by atoms with van der Waals surface area (Å²) in [5.74, 6) is -2.95. The minimum Gasteiger partial charge on any atom is -0.478 e. The molecule has 4 nitrogen and oxygen atoms in total. The van der Waals surface area contributed by atoms with E-state index in [2.05, 4.69) is 9.99 Å². The fourth-order valence-corrected chi connectivity index (χ4v) is 1.83. The first kappa shape index (κ1) is 14.6. The molecule has 1 aromatic rings. The number of aliphatic carboxylic acids is 1. The van der Waals surface area contributed by atoms with Gasteiger partial charge >= 0.3 is 17.7 Å². The molecule has 9 heteroatoms. The van der Waals surface area contributed by atoms with Gasteiger partial charge < -0.3 is 9.94 Å². The van der Waals surface area contributed by atoms with Crippen molar-refractivity contribution >= 4 is 23.3 Å². The summed E-state index contributed by atoms with van der Waals surface area (Å²) in [5.41, 5.74) is -3.64. The fraction of sp³-hybridized carbons (Fsp3) is 0.273. The molecule has 0 aliphatic carbocycles. The van der Waals surface area contributed by atoms with Gasteiger partial charge in [0.1, 0.15) is 5.82 Å². The molecular formula is C11H6ClF4NO3. The van der Waals surface area contributed by atoms with E-state index in [-0.39, 0.29) is 16.3 Å². The van der Waals surface area contributed by atoms with E-state index in [9.17, 15) is 22.4 Å². The summed E-state index contributed by atoms with van der Waals surface area (Å²) in [5, 5.41) is 11.6. The third-order valence-corrected chi connectivity index (χ3v) is 3.07. The molecule has 1 heterocycles. The van der Waals surface area contributed by atoms with Gasteiger partial charge in [0.15, 0.2) is 0 Å². The van der Waals surface area contributed by atoms with Crippen molar-refractivity contribution in [2.45, 2.75) is 18.2 Å². The van der Waals surface area contributed by atoms with Crippen LogP contribution in [0.4, 0.5) is 17.6 Å². The van der Waals surface area contributed by atoms with Crippen LogP contribution in [-0.4, -0.2) is 28.6 Å². The molecule has 1 aromatic carbocycles. The second-order valence-electron chi connectivity index (χ2n) is 4.06. The lowest BCUT2D eigenvalue weighted by atomic mass is 9.93. The molecule has 0 fully saturated rings. The van der Waals surface area contributed by atoms with E-state index in [0.717, 1.165) is 18.2 Å².